The molecule has 0 aliphatic rings. The quantitative estimate of drug-likeness (QED) is 0.842. The molecule has 0 aliphatic heterocycles. The Kier molecular flexibility index (Phi) is 3.94. The van der Waals surface area contributed by atoms with E-state index in [9.17, 15) is 4.79 Å². The largest absolute Gasteiger partial charge is 0.496 e. The molecule has 0 radical (unpaired) electrons. The minimum Gasteiger partial charge on any atom is -0.496 e. The fraction of sp³-hybridized carbons (Fsp3) is 0.188. The monoisotopic (exact) mass is 270 g/mol. The summed E-state index contributed by atoms with van der Waals surface area (Å²) in [4.78, 5) is 12.2. The number of carbonyl (C=O) groups is 1. The molecule has 1 amide bonds. The Morgan fingerprint density at radius 2 is 1.80 bits per heavy atom. The maximum Gasteiger partial charge on any atom is 0.255 e. The number of methoxy groups -OCH3 is 1. The van der Waals surface area contributed by atoms with Gasteiger partial charge in [-0.3, -0.25) is 4.79 Å². The van der Waals surface area contributed by atoms with Gasteiger partial charge in [0, 0.05) is 16.9 Å². The number of hydrogen-bond donors (Lipinski definition) is 2. The molecule has 0 saturated heterocycles. The molecule has 2 rings (SSSR count). The third-order valence-electron chi connectivity index (χ3n) is 3.18. The standard InChI is InChI=1S/C16H18N2O2/c1-10-5-7-13(17)9-14(10)18-16(19)12-6-4-11(2)15(8-12)20-3/h4-9H,17H2,1-3H3,(H,18,19). The van der Waals surface area contributed by atoms with Crippen LogP contribution < -0.4 is 15.8 Å². The molecule has 3 N–H and O–H groups in total. The summed E-state index contributed by atoms with van der Waals surface area (Å²) in [5.41, 5.74) is 9.58. The first-order valence-corrected chi connectivity index (χ1v) is 6.33. The first-order chi connectivity index (χ1) is 9.51. The fourth-order valence-corrected chi connectivity index (χ4v) is 1.93. The van der Waals surface area contributed by atoms with E-state index < -0.39 is 0 Å². The molecule has 20 heavy (non-hydrogen) atoms. The number of aryl methyl sites for hydroxylation is 2. The number of benzene rings is 2. The van der Waals surface area contributed by atoms with Gasteiger partial charge in [0.15, 0.2) is 0 Å². The highest BCUT2D eigenvalue weighted by atomic mass is 16.5. The second-order valence-electron chi connectivity index (χ2n) is 4.71. The number of nitrogens with one attached hydrogen (secondary N) is 1. The van der Waals surface area contributed by atoms with E-state index in [-0.39, 0.29) is 5.91 Å². The molecular weight excluding hydrogens is 252 g/mol. The van der Waals surface area contributed by atoms with E-state index in [4.69, 9.17) is 10.5 Å². The highest BCUT2D eigenvalue weighted by molar-refractivity contribution is 6.05. The van der Waals surface area contributed by atoms with Gasteiger partial charge in [-0.25, -0.2) is 0 Å². The summed E-state index contributed by atoms with van der Waals surface area (Å²) in [6, 6.07) is 10.8. The van der Waals surface area contributed by atoms with E-state index in [2.05, 4.69) is 5.32 Å². The molecule has 0 fully saturated rings. The van der Waals surface area contributed by atoms with Crippen molar-refractivity contribution in [1.82, 2.24) is 0 Å². The molecule has 0 bridgehead atoms. The Bertz CT molecular complexity index is 651. The van der Waals surface area contributed by atoms with Crippen LogP contribution >= 0.6 is 0 Å². The molecule has 0 aromatic heterocycles. The van der Waals surface area contributed by atoms with Gasteiger partial charge in [0.1, 0.15) is 5.75 Å². The minimum absolute atomic E-state index is 0.183. The van der Waals surface area contributed by atoms with E-state index in [0.717, 1.165) is 16.8 Å². The van der Waals surface area contributed by atoms with Gasteiger partial charge in [-0.2, -0.15) is 0 Å². The molecule has 0 atom stereocenters. The van der Waals surface area contributed by atoms with Crippen LogP contribution in [0.1, 0.15) is 21.5 Å². The SMILES string of the molecule is COc1cc(C(=O)Nc2cc(N)ccc2C)ccc1C. The number of ether oxygens (including phenoxy) is 1. The molecule has 2 aromatic rings. The average molecular weight is 270 g/mol. The molecule has 4 heteroatoms. The van der Waals surface area contributed by atoms with Crippen LogP contribution in [0.25, 0.3) is 0 Å². The van der Waals surface area contributed by atoms with Gasteiger partial charge in [0.05, 0.1) is 7.11 Å². The second-order valence-corrected chi connectivity index (χ2v) is 4.71. The lowest BCUT2D eigenvalue weighted by atomic mass is 10.1. The summed E-state index contributed by atoms with van der Waals surface area (Å²) in [5, 5.41) is 2.86. The Labute approximate surface area is 118 Å². The molecule has 0 saturated carbocycles. The Morgan fingerprint density at radius 1 is 1.10 bits per heavy atom. The van der Waals surface area contributed by atoms with Gasteiger partial charge in [-0.1, -0.05) is 12.1 Å². The van der Waals surface area contributed by atoms with Crippen molar-refractivity contribution in [2.75, 3.05) is 18.2 Å². The maximum absolute atomic E-state index is 12.2. The van der Waals surface area contributed by atoms with Crippen molar-refractivity contribution in [1.29, 1.82) is 0 Å². The predicted octanol–water partition coefficient (Wildman–Crippen LogP) is 3.15. The van der Waals surface area contributed by atoms with Gasteiger partial charge < -0.3 is 15.8 Å². The van der Waals surface area contributed by atoms with Crippen LogP contribution in [-0.4, -0.2) is 13.0 Å². The lowest BCUT2D eigenvalue weighted by Gasteiger charge is -2.11. The van der Waals surface area contributed by atoms with Crippen LogP contribution in [0.15, 0.2) is 36.4 Å². The Balaban J connectivity index is 2.26. The highest BCUT2D eigenvalue weighted by Gasteiger charge is 2.10. The van der Waals surface area contributed by atoms with Crippen LogP contribution in [0, 0.1) is 13.8 Å². The van der Waals surface area contributed by atoms with E-state index in [1.165, 1.54) is 0 Å². The fourth-order valence-electron chi connectivity index (χ4n) is 1.93. The molecule has 0 aliphatic carbocycles. The van der Waals surface area contributed by atoms with E-state index in [1.807, 2.05) is 26.0 Å². The van der Waals surface area contributed by atoms with Crippen molar-refractivity contribution in [3.63, 3.8) is 0 Å². The first-order valence-electron chi connectivity index (χ1n) is 6.33. The molecule has 0 spiro atoms. The van der Waals surface area contributed by atoms with Crippen molar-refractivity contribution >= 4 is 17.3 Å². The van der Waals surface area contributed by atoms with E-state index in [1.54, 1.807) is 31.4 Å². The molecule has 0 unspecified atom stereocenters. The van der Waals surface area contributed by atoms with Gasteiger partial charge in [0.25, 0.3) is 5.91 Å². The molecule has 4 nitrogen and oxygen atoms in total. The zero-order chi connectivity index (χ0) is 14.7. The van der Waals surface area contributed by atoms with Crippen LogP contribution in [0.2, 0.25) is 0 Å². The van der Waals surface area contributed by atoms with Gasteiger partial charge in [-0.15, -0.1) is 0 Å². The van der Waals surface area contributed by atoms with Gasteiger partial charge >= 0.3 is 0 Å². The maximum atomic E-state index is 12.2. The Morgan fingerprint density at radius 3 is 2.50 bits per heavy atom. The number of carbonyl (C=O) groups excluding carboxylic acids is 1. The van der Waals surface area contributed by atoms with Crippen molar-refractivity contribution in [2.24, 2.45) is 0 Å². The van der Waals surface area contributed by atoms with Crippen molar-refractivity contribution < 1.29 is 9.53 Å². The minimum atomic E-state index is -0.183. The number of nitrogens with two attached hydrogens (primary N) is 1. The number of anilines is 2. The normalized spacial score (nSPS) is 10.2. The number of nitrogen functional groups attached to an aromatic ring is 1. The van der Waals surface area contributed by atoms with Crippen LogP contribution in [0.4, 0.5) is 11.4 Å². The van der Waals surface area contributed by atoms with E-state index >= 15 is 0 Å². The molecule has 104 valence electrons. The zero-order valence-corrected chi connectivity index (χ0v) is 11.9. The van der Waals surface area contributed by atoms with Crippen molar-refractivity contribution in [3.05, 3.63) is 53.1 Å². The van der Waals surface area contributed by atoms with Crippen molar-refractivity contribution in [2.45, 2.75) is 13.8 Å². The number of hydrogen-bond acceptors (Lipinski definition) is 3. The van der Waals surface area contributed by atoms with Gasteiger partial charge in [0.2, 0.25) is 0 Å². The molecule has 0 heterocycles. The predicted molar refractivity (Wildman–Crippen MR) is 81.3 cm³/mol. The summed E-state index contributed by atoms with van der Waals surface area (Å²) in [7, 11) is 1.59. The number of amides is 1. The average Bonchev–Trinajstić information content (AvgIpc) is 2.43. The first kappa shape index (κ1) is 13.9. The van der Waals surface area contributed by atoms with Crippen molar-refractivity contribution in [3.8, 4) is 5.75 Å². The topological polar surface area (TPSA) is 64.3 Å². The van der Waals surface area contributed by atoms with E-state index in [0.29, 0.717) is 17.0 Å². The lowest BCUT2D eigenvalue weighted by molar-refractivity contribution is 0.102. The van der Waals surface area contributed by atoms with Crippen LogP contribution in [0.5, 0.6) is 5.75 Å². The van der Waals surface area contributed by atoms with Crippen LogP contribution in [-0.2, 0) is 0 Å². The smallest absolute Gasteiger partial charge is 0.255 e. The van der Waals surface area contributed by atoms with Gasteiger partial charge in [-0.05, 0) is 49.2 Å². The summed E-state index contributed by atoms with van der Waals surface area (Å²) in [6.45, 7) is 3.85. The Hall–Kier alpha value is -2.49. The summed E-state index contributed by atoms with van der Waals surface area (Å²) >= 11 is 0. The third-order valence-corrected chi connectivity index (χ3v) is 3.18. The second kappa shape index (κ2) is 5.65. The third kappa shape index (κ3) is 2.91. The van der Waals surface area contributed by atoms with Crippen LogP contribution in [0.3, 0.4) is 0 Å². The summed E-state index contributed by atoms with van der Waals surface area (Å²) < 4.78 is 5.23. The lowest BCUT2D eigenvalue weighted by Crippen LogP contribution is -2.13. The summed E-state index contributed by atoms with van der Waals surface area (Å²) in [6.07, 6.45) is 0. The summed E-state index contributed by atoms with van der Waals surface area (Å²) in [5.74, 6) is 0.513. The zero-order valence-electron chi connectivity index (χ0n) is 11.9. The highest BCUT2D eigenvalue weighted by Crippen LogP contribution is 2.22. The molecule has 2 aromatic carbocycles. The number of rotatable bonds is 3. The molecular formula is C16H18N2O2.